The van der Waals surface area contributed by atoms with Gasteiger partial charge >= 0.3 is 0 Å². The second kappa shape index (κ2) is 8.95. The summed E-state index contributed by atoms with van der Waals surface area (Å²) in [6.45, 7) is 4.01. The van der Waals surface area contributed by atoms with E-state index < -0.39 is 0 Å². The van der Waals surface area contributed by atoms with Crippen molar-refractivity contribution < 1.29 is 14.4 Å². The summed E-state index contributed by atoms with van der Waals surface area (Å²) < 4.78 is 0. The Kier molecular flexibility index (Phi) is 6.13. The molecule has 1 aliphatic carbocycles. The predicted molar refractivity (Wildman–Crippen MR) is 116 cm³/mol. The van der Waals surface area contributed by atoms with Crippen molar-refractivity contribution in [2.24, 2.45) is 0 Å². The number of rotatable bonds is 4. The number of hydrogen-bond acceptors (Lipinski definition) is 5. The van der Waals surface area contributed by atoms with Crippen molar-refractivity contribution in [1.82, 2.24) is 14.8 Å². The number of nitrogens with one attached hydrogen (secondary N) is 1. The minimum absolute atomic E-state index is 0.0421. The highest BCUT2D eigenvalue weighted by Gasteiger charge is 2.31. The van der Waals surface area contributed by atoms with Crippen molar-refractivity contribution >= 4 is 34.1 Å². The van der Waals surface area contributed by atoms with E-state index in [0.717, 1.165) is 31.2 Å². The highest BCUT2D eigenvalue weighted by atomic mass is 32.1. The zero-order chi connectivity index (χ0) is 21.1. The van der Waals surface area contributed by atoms with E-state index in [1.165, 1.54) is 22.4 Å². The zero-order valence-electron chi connectivity index (χ0n) is 17.1. The van der Waals surface area contributed by atoms with Gasteiger partial charge in [-0.15, -0.1) is 11.3 Å². The van der Waals surface area contributed by atoms with Gasteiger partial charge in [-0.05, 0) is 43.4 Å². The van der Waals surface area contributed by atoms with Gasteiger partial charge in [0.25, 0.3) is 11.8 Å². The number of piperazine rings is 1. The van der Waals surface area contributed by atoms with Crippen molar-refractivity contribution in [1.29, 1.82) is 0 Å². The van der Waals surface area contributed by atoms with E-state index in [-0.39, 0.29) is 17.7 Å². The van der Waals surface area contributed by atoms with Crippen molar-refractivity contribution in [2.75, 3.05) is 31.5 Å². The minimum Gasteiger partial charge on any atom is -0.339 e. The molecular formula is C22H26N4O3S. The molecule has 3 heterocycles. The van der Waals surface area contributed by atoms with Gasteiger partial charge in [0, 0.05) is 49.9 Å². The second-order valence-electron chi connectivity index (χ2n) is 7.64. The van der Waals surface area contributed by atoms with Crippen LogP contribution < -0.4 is 5.32 Å². The van der Waals surface area contributed by atoms with Crippen LogP contribution in [0.15, 0.2) is 24.5 Å². The molecule has 0 unspecified atom stereocenters. The number of aryl methyl sites for hydroxylation is 1. The number of thiophene rings is 1. The number of anilines is 1. The molecule has 8 heteroatoms. The van der Waals surface area contributed by atoms with Crippen LogP contribution in [0.1, 0.15) is 57.3 Å². The molecule has 0 aromatic carbocycles. The highest BCUT2D eigenvalue weighted by molar-refractivity contribution is 7.17. The fraction of sp³-hybridized carbons (Fsp3) is 0.455. The molecule has 1 fully saturated rings. The van der Waals surface area contributed by atoms with Crippen LogP contribution in [0.2, 0.25) is 0 Å². The van der Waals surface area contributed by atoms with Gasteiger partial charge in [-0.1, -0.05) is 6.92 Å². The maximum Gasteiger partial charge on any atom is 0.257 e. The summed E-state index contributed by atoms with van der Waals surface area (Å²) in [6, 6.07) is 3.43. The summed E-state index contributed by atoms with van der Waals surface area (Å²) in [4.78, 5) is 47.0. The summed E-state index contributed by atoms with van der Waals surface area (Å²) in [6.07, 6.45) is 7.60. The maximum atomic E-state index is 13.5. The lowest BCUT2D eigenvalue weighted by atomic mass is 9.95. The van der Waals surface area contributed by atoms with E-state index in [4.69, 9.17) is 0 Å². The SMILES string of the molecule is CCC(=O)N1CCN(C(=O)c2c(NC(=O)c3cccnc3)sc3c2CCCC3)CC1. The van der Waals surface area contributed by atoms with E-state index in [2.05, 4.69) is 10.3 Å². The Morgan fingerprint density at radius 1 is 1.10 bits per heavy atom. The lowest BCUT2D eigenvalue weighted by Crippen LogP contribution is -2.50. The Morgan fingerprint density at radius 3 is 2.53 bits per heavy atom. The molecule has 0 atom stereocenters. The molecule has 0 saturated carbocycles. The molecular weight excluding hydrogens is 400 g/mol. The van der Waals surface area contributed by atoms with Crippen molar-refractivity contribution in [3.8, 4) is 0 Å². The number of amides is 3. The van der Waals surface area contributed by atoms with E-state index in [0.29, 0.717) is 48.7 Å². The van der Waals surface area contributed by atoms with E-state index in [9.17, 15) is 14.4 Å². The van der Waals surface area contributed by atoms with Gasteiger partial charge in [-0.2, -0.15) is 0 Å². The fourth-order valence-electron chi connectivity index (χ4n) is 4.09. The first kappa shape index (κ1) is 20.5. The Morgan fingerprint density at radius 2 is 1.83 bits per heavy atom. The molecule has 158 valence electrons. The van der Waals surface area contributed by atoms with Crippen LogP contribution in [0, 0.1) is 0 Å². The Balaban J connectivity index is 1.57. The standard InChI is InChI=1S/C22H26N4O3S/c1-2-18(27)25-10-12-26(13-11-25)22(29)19-16-7-3-4-8-17(16)30-21(19)24-20(28)15-6-5-9-23-14-15/h5-6,9,14H,2-4,7-8,10-13H2,1H3,(H,24,28). The molecule has 2 aromatic rings. The van der Waals surface area contributed by atoms with Crippen LogP contribution in [0.3, 0.4) is 0 Å². The van der Waals surface area contributed by atoms with Gasteiger partial charge in [0.1, 0.15) is 5.00 Å². The second-order valence-corrected chi connectivity index (χ2v) is 8.74. The topological polar surface area (TPSA) is 82.6 Å². The van der Waals surface area contributed by atoms with Gasteiger partial charge in [-0.25, -0.2) is 0 Å². The van der Waals surface area contributed by atoms with Crippen molar-refractivity contribution in [2.45, 2.75) is 39.0 Å². The van der Waals surface area contributed by atoms with Crippen LogP contribution in [-0.4, -0.2) is 58.7 Å². The Hall–Kier alpha value is -2.74. The third-order valence-electron chi connectivity index (χ3n) is 5.76. The molecule has 0 bridgehead atoms. The van der Waals surface area contributed by atoms with E-state index in [1.807, 2.05) is 16.7 Å². The molecule has 1 saturated heterocycles. The van der Waals surface area contributed by atoms with Gasteiger partial charge < -0.3 is 15.1 Å². The number of hydrogen-bond donors (Lipinski definition) is 1. The average molecular weight is 427 g/mol. The predicted octanol–water partition coefficient (Wildman–Crippen LogP) is 2.97. The van der Waals surface area contributed by atoms with Gasteiger partial charge in [0.2, 0.25) is 5.91 Å². The summed E-state index contributed by atoms with van der Waals surface area (Å²) in [5.41, 5.74) is 2.20. The summed E-state index contributed by atoms with van der Waals surface area (Å²) >= 11 is 1.52. The average Bonchev–Trinajstić information content (AvgIpc) is 3.16. The number of carbonyl (C=O) groups excluding carboxylic acids is 3. The maximum absolute atomic E-state index is 13.5. The van der Waals surface area contributed by atoms with Gasteiger partial charge in [0.05, 0.1) is 11.1 Å². The quantitative estimate of drug-likeness (QED) is 0.815. The van der Waals surface area contributed by atoms with Crippen molar-refractivity contribution in [3.05, 3.63) is 46.1 Å². The summed E-state index contributed by atoms with van der Waals surface area (Å²) in [5, 5.41) is 3.60. The number of fused-ring (bicyclic) bond motifs is 1. The number of carbonyl (C=O) groups is 3. The third kappa shape index (κ3) is 4.09. The first-order chi connectivity index (χ1) is 14.6. The monoisotopic (exact) mass is 426 g/mol. The summed E-state index contributed by atoms with van der Waals surface area (Å²) in [5.74, 6) is -0.173. The van der Waals surface area contributed by atoms with E-state index >= 15 is 0 Å². The molecule has 3 amide bonds. The molecule has 4 rings (SSSR count). The van der Waals surface area contributed by atoms with Crippen molar-refractivity contribution in [3.63, 3.8) is 0 Å². The Labute approximate surface area is 180 Å². The molecule has 7 nitrogen and oxygen atoms in total. The molecule has 1 aliphatic heterocycles. The van der Waals surface area contributed by atoms with Crippen LogP contribution in [-0.2, 0) is 17.6 Å². The number of nitrogens with zero attached hydrogens (tertiary/aromatic N) is 3. The first-order valence-corrected chi connectivity index (χ1v) is 11.3. The number of aromatic nitrogens is 1. The molecule has 2 aromatic heterocycles. The molecule has 1 N–H and O–H groups in total. The third-order valence-corrected chi connectivity index (χ3v) is 6.97. The zero-order valence-corrected chi connectivity index (χ0v) is 18.0. The lowest BCUT2D eigenvalue weighted by molar-refractivity contribution is -0.132. The minimum atomic E-state index is -0.255. The lowest BCUT2D eigenvalue weighted by Gasteiger charge is -2.35. The fourth-order valence-corrected chi connectivity index (χ4v) is 5.37. The molecule has 0 spiro atoms. The normalized spacial score (nSPS) is 16.2. The summed E-state index contributed by atoms with van der Waals surface area (Å²) in [7, 11) is 0. The molecule has 30 heavy (non-hydrogen) atoms. The van der Waals surface area contributed by atoms with E-state index in [1.54, 1.807) is 18.3 Å². The van der Waals surface area contributed by atoms with Crippen LogP contribution in [0.25, 0.3) is 0 Å². The number of pyridine rings is 1. The largest absolute Gasteiger partial charge is 0.339 e. The highest BCUT2D eigenvalue weighted by Crippen LogP contribution is 2.39. The molecule has 2 aliphatic rings. The smallest absolute Gasteiger partial charge is 0.257 e. The van der Waals surface area contributed by atoms with Gasteiger partial charge in [-0.3, -0.25) is 19.4 Å². The Bertz CT molecular complexity index is 949. The van der Waals surface area contributed by atoms with Gasteiger partial charge in [0.15, 0.2) is 0 Å². The molecule has 0 radical (unpaired) electrons. The van der Waals surface area contributed by atoms with Crippen LogP contribution in [0.5, 0.6) is 0 Å². The first-order valence-electron chi connectivity index (χ1n) is 10.5. The van der Waals surface area contributed by atoms with Crippen LogP contribution >= 0.6 is 11.3 Å². The van der Waals surface area contributed by atoms with Crippen LogP contribution in [0.4, 0.5) is 5.00 Å².